The highest BCUT2D eigenvalue weighted by molar-refractivity contribution is 5.95. The van der Waals surface area contributed by atoms with Crippen LogP contribution in [-0.2, 0) is 4.79 Å². The molecule has 2 N–H and O–H groups in total. The zero-order valence-corrected chi connectivity index (χ0v) is 12.4. The number of hydrogen-bond acceptors (Lipinski definition) is 4. The summed E-state index contributed by atoms with van der Waals surface area (Å²) < 4.78 is 0. The molecule has 1 aromatic rings. The maximum absolute atomic E-state index is 12.3. The van der Waals surface area contributed by atoms with Gasteiger partial charge in [0.1, 0.15) is 6.07 Å². The monoisotopic (exact) mass is 287 g/mol. The van der Waals surface area contributed by atoms with E-state index in [4.69, 9.17) is 5.26 Å². The van der Waals surface area contributed by atoms with Gasteiger partial charge in [-0.3, -0.25) is 9.69 Å². The standard InChI is InChI=1S/C16H21N3O2/c1-11(19-8-7-14(10-19)12(2)20)16(21)18-15-6-4-3-5-13(15)9-17/h3-6,11-12,14,20H,7-8,10H2,1-2H3,(H,18,21). The van der Waals surface area contributed by atoms with Crippen molar-refractivity contribution in [3.63, 3.8) is 0 Å². The summed E-state index contributed by atoms with van der Waals surface area (Å²) in [5.41, 5.74) is 1.00. The number of anilines is 1. The van der Waals surface area contributed by atoms with E-state index in [-0.39, 0.29) is 24.0 Å². The molecular formula is C16H21N3O2. The second-order valence-electron chi connectivity index (χ2n) is 5.61. The van der Waals surface area contributed by atoms with Gasteiger partial charge in [0.05, 0.1) is 23.4 Å². The smallest absolute Gasteiger partial charge is 0.241 e. The number of para-hydroxylation sites is 1. The second kappa shape index (κ2) is 6.70. The lowest BCUT2D eigenvalue weighted by atomic mass is 10.0. The molecule has 5 nitrogen and oxygen atoms in total. The van der Waals surface area contributed by atoms with Gasteiger partial charge in [0.2, 0.25) is 5.91 Å². The fourth-order valence-electron chi connectivity index (χ4n) is 2.65. The van der Waals surface area contributed by atoms with Gasteiger partial charge < -0.3 is 10.4 Å². The van der Waals surface area contributed by atoms with E-state index in [1.165, 1.54) is 0 Å². The van der Waals surface area contributed by atoms with E-state index in [0.717, 1.165) is 19.5 Å². The Balaban J connectivity index is 1.99. The van der Waals surface area contributed by atoms with Crippen LogP contribution in [-0.4, -0.2) is 41.1 Å². The molecule has 3 atom stereocenters. The van der Waals surface area contributed by atoms with Crippen molar-refractivity contribution in [2.75, 3.05) is 18.4 Å². The van der Waals surface area contributed by atoms with Crippen LogP contribution in [0.2, 0.25) is 0 Å². The number of aliphatic hydroxyl groups is 1. The van der Waals surface area contributed by atoms with Gasteiger partial charge in [0.25, 0.3) is 0 Å². The molecule has 3 unspecified atom stereocenters. The average molecular weight is 287 g/mol. The zero-order valence-electron chi connectivity index (χ0n) is 12.4. The Bertz CT molecular complexity index is 551. The van der Waals surface area contributed by atoms with E-state index in [9.17, 15) is 9.90 Å². The SMILES string of the molecule is CC(O)C1CCN(C(C)C(=O)Nc2ccccc2C#N)C1. The van der Waals surface area contributed by atoms with E-state index in [0.29, 0.717) is 11.3 Å². The van der Waals surface area contributed by atoms with Gasteiger partial charge in [0.15, 0.2) is 0 Å². The van der Waals surface area contributed by atoms with Crippen molar-refractivity contribution >= 4 is 11.6 Å². The van der Waals surface area contributed by atoms with E-state index >= 15 is 0 Å². The number of likely N-dealkylation sites (tertiary alicyclic amines) is 1. The Morgan fingerprint density at radius 1 is 1.48 bits per heavy atom. The molecule has 5 heteroatoms. The predicted molar refractivity (Wildman–Crippen MR) is 80.6 cm³/mol. The van der Waals surface area contributed by atoms with Gasteiger partial charge in [0, 0.05) is 6.54 Å². The van der Waals surface area contributed by atoms with Crippen LogP contribution >= 0.6 is 0 Å². The van der Waals surface area contributed by atoms with Crippen molar-refractivity contribution in [1.29, 1.82) is 5.26 Å². The molecule has 0 aliphatic carbocycles. The predicted octanol–water partition coefficient (Wildman–Crippen LogP) is 1.59. The van der Waals surface area contributed by atoms with E-state index < -0.39 is 0 Å². The van der Waals surface area contributed by atoms with Crippen LogP contribution < -0.4 is 5.32 Å². The molecule has 1 heterocycles. The third-order valence-electron chi connectivity index (χ3n) is 4.17. The summed E-state index contributed by atoms with van der Waals surface area (Å²) in [6, 6.07) is 8.76. The summed E-state index contributed by atoms with van der Waals surface area (Å²) in [5.74, 6) is 0.107. The number of carbonyl (C=O) groups is 1. The number of nitrogens with zero attached hydrogens (tertiary/aromatic N) is 2. The van der Waals surface area contributed by atoms with Gasteiger partial charge in [-0.15, -0.1) is 0 Å². The van der Waals surface area contributed by atoms with Gasteiger partial charge in [-0.1, -0.05) is 12.1 Å². The fraction of sp³-hybridized carbons (Fsp3) is 0.500. The summed E-state index contributed by atoms with van der Waals surface area (Å²) in [7, 11) is 0. The number of carbonyl (C=O) groups excluding carboxylic acids is 1. The Morgan fingerprint density at radius 3 is 2.81 bits per heavy atom. The molecule has 1 aliphatic rings. The van der Waals surface area contributed by atoms with Crippen molar-refractivity contribution in [3.05, 3.63) is 29.8 Å². The van der Waals surface area contributed by atoms with Gasteiger partial charge in [-0.2, -0.15) is 5.26 Å². The highest BCUT2D eigenvalue weighted by atomic mass is 16.3. The van der Waals surface area contributed by atoms with Crippen molar-refractivity contribution in [2.24, 2.45) is 5.92 Å². The van der Waals surface area contributed by atoms with Crippen LogP contribution in [0, 0.1) is 17.2 Å². The first-order valence-electron chi connectivity index (χ1n) is 7.25. The summed E-state index contributed by atoms with van der Waals surface area (Å²) >= 11 is 0. The lowest BCUT2D eigenvalue weighted by Gasteiger charge is -2.24. The summed E-state index contributed by atoms with van der Waals surface area (Å²) in [6.07, 6.45) is 0.564. The molecule has 21 heavy (non-hydrogen) atoms. The third-order valence-corrected chi connectivity index (χ3v) is 4.17. The Labute approximate surface area is 125 Å². The number of benzene rings is 1. The van der Waals surface area contributed by atoms with E-state index in [2.05, 4.69) is 16.3 Å². The molecule has 0 spiro atoms. The molecule has 1 amide bonds. The van der Waals surface area contributed by atoms with Crippen molar-refractivity contribution < 1.29 is 9.90 Å². The largest absolute Gasteiger partial charge is 0.393 e. The number of nitriles is 1. The summed E-state index contributed by atoms with van der Waals surface area (Å²) in [5, 5.41) is 21.5. The molecule has 1 saturated heterocycles. The van der Waals surface area contributed by atoms with Crippen LogP contribution in [0.4, 0.5) is 5.69 Å². The molecule has 2 rings (SSSR count). The van der Waals surface area contributed by atoms with Gasteiger partial charge >= 0.3 is 0 Å². The lowest BCUT2D eigenvalue weighted by Crippen LogP contribution is -2.41. The van der Waals surface area contributed by atoms with Gasteiger partial charge in [-0.05, 0) is 44.9 Å². The first-order chi connectivity index (χ1) is 10.0. The Kier molecular flexibility index (Phi) is 4.94. The van der Waals surface area contributed by atoms with Gasteiger partial charge in [-0.25, -0.2) is 0 Å². The van der Waals surface area contributed by atoms with E-state index in [1.807, 2.05) is 6.92 Å². The first-order valence-corrected chi connectivity index (χ1v) is 7.25. The zero-order chi connectivity index (χ0) is 15.4. The van der Waals surface area contributed by atoms with Crippen LogP contribution in [0.3, 0.4) is 0 Å². The molecule has 1 aromatic carbocycles. The third kappa shape index (κ3) is 3.60. The van der Waals surface area contributed by atoms with Crippen molar-refractivity contribution in [1.82, 2.24) is 4.90 Å². The highest BCUT2D eigenvalue weighted by Gasteiger charge is 2.31. The fourth-order valence-corrected chi connectivity index (χ4v) is 2.65. The minimum absolute atomic E-state index is 0.121. The molecular weight excluding hydrogens is 266 g/mol. The number of hydrogen-bond donors (Lipinski definition) is 2. The quantitative estimate of drug-likeness (QED) is 0.881. The molecule has 0 aromatic heterocycles. The number of amides is 1. The van der Waals surface area contributed by atoms with E-state index in [1.54, 1.807) is 31.2 Å². The molecule has 1 fully saturated rings. The minimum Gasteiger partial charge on any atom is -0.393 e. The van der Waals surface area contributed by atoms with Crippen LogP contribution in [0.5, 0.6) is 0 Å². The topological polar surface area (TPSA) is 76.4 Å². The number of aliphatic hydroxyl groups excluding tert-OH is 1. The molecule has 0 bridgehead atoms. The van der Waals surface area contributed by atoms with Crippen LogP contribution in [0.1, 0.15) is 25.8 Å². The number of rotatable bonds is 4. The molecule has 112 valence electrons. The van der Waals surface area contributed by atoms with Crippen molar-refractivity contribution in [3.8, 4) is 6.07 Å². The highest BCUT2D eigenvalue weighted by Crippen LogP contribution is 2.22. The lowest BCUT2D eigenvalue weighted by molar-refractivity contribution is -0.120. The van der Waals surface area contributed by atoms with Crippen LogP contribution in [0.25, 0.3) is 0 Å². The second-order valence-corrected chi connectivity index (χ2v) is 5.61. The average Bonchev–Trinajstić information content (AvgIpc) is 2.97. The number of nitrogens with one attached hydrogen (secondary N) is 1. The van der Waals surface area contributed by atoms with Crippen LogP contribution in [0.15, 0.2) is 24.3 Å². The van der Waals surface area contributed by atoms with Crippen molar-refractivity contribution in [2.45, 2.75) is 32.4 Å². The molecule has 0 saturated carbocycles. The molecule has 1 aliphatic heterocycles. The minimum atomic E-state index is -0.343. The summed E-state index contributed by atoms with van der Waals surface area (Å²) in [4.78, 5) is 14.4. The Hall–Kier alpha value is -1.90. The summed E-state index contributed by atoms with van der Waals surface area (Å²) in [6.45, 7) is 5.19. The maximum atomic E-state index is 12.3. The molecule has 0 radical (unpaired) electrons. The normalized spacial score (nSPS) is 21.5. The first kappa shape index (κ1) is 15.5. The Morgan fingerprint density at radius 2 is 2.19 bits per heavy atom. The maximum Gasteiger partial charge on any atom is 0.241 e.